The molecule has 1 amide bonds. The second-order valence-electron chi connectivity index (χ2n) is 7.41. The Hall–Kier alpha value is -2.24. The molecule has 2 aromatic rings. The van der Waals surface area contributed by atoms with Gasteiger partial charge in [0.2, 0.25) is 0 Å². The highest BCUT2D eigenvalue weighted by atomic mass is 16.3. The van der Waals surface area contributed by atoms with E-state index >= 15 is 0 Å². The molecular weight excluding hydrogens is 326 g/mol. The summed E-state index contributed by atoms with van der Waals surface area (Å²) < 4.78 is 0. The smallest absolute Gasteiger partial charge is 0.253 e. The lowest BCUT2D eigenvalue weighted by Gasteiger charge is -2.33. The second-order valence-corrected chi connectivity index (χ2v) is 7.41. The van der Waals surface area contributed by atoms with Crippen LogP contribution in [-0.4, -0.2) is 46.6 Å². The second kappa shape index (κ2) is 7.56. The molecule has 5 heteroatoms. The quantitative estimate of drug-likeness (QED) is 0.887. The van der Waals surface area contributed by atoms with Gasteiger partial charge in [-0.3, -0.25) is 9.78 Å². The number of nitrogens with one attached hydrogen (secondary N) is 1. The van der Waals surface area contributed by atoms with Crippen molar-refractivity contribution in [3.05, 3.63) is 53.9 Å². The molecule has 0 aliphatic carbocycles. The van der Waals surface area contributed by atoms with Crippen LogP contribution in [0.1, 0.15) is 43.1 Å². The highest BCUT2D eigenvalue weighted by molar-refractivity contribution is 5.95. The lowest BCUT2D eigenvalue weighted by molar-refractivity contribution is 0.0701. The summed E-state index contributed by atoms with van der Waals surface area (Å²) in [5.74, 6) is 0.0680. The van der Waals surface area contributed by atoms with Crippen LogP contribution in [0.2, 0.25) is 0 Å². The number of hydrogen-bond acceptors (Lipinski definition) is 4. The standard InChI is InChI=1S/C21H27N3O2/c1-4-19-14-24(9-8-23-19)20(25)16-7-5-6-15(10-16)17-11-18(13-22-12-17)21(2,3)26/h5-7,10-13,19,23,26H,4,8-9,14H2,1-3H3/t19-/m0/s1. The summed E-state index contributed by atoms with van der Waals surface area (Å²) in [6.45, 7) is 7.92. The summed E-state index contributed by atoms with van der Waals surface area (Å²) in [4.78, 5) is 19.1. The number of nitrogens with zero attached hydrogens (tertiary/aromatic N) is 2. The number of carbonyl (C=O) groups is 1. The Morgan fingerprint density at radius 2 is 2.12 bits per heavy atom. The minimum absolute atomic E-state index is 0.0680. The largest absolute Gasteiger partial charge is 0.386 e. The molecule has 1 aliphatic heterocycles. The van der Waals surface area contributed by atoms with Crippen LogP contribution in [0.3, 0.4) is 0 Å². The number of aromatic nitrogens is 1. The third-order valence-electron chi connectivity index (χ3n) is 4.92. The molecule has 26 heavy (non-hydrogen) atoms. The maximum absolute atomic E-state index is 12.9. The molecule has 0 unspecified atom stereocenters. The van der Waals surface area contributed by atoms with E-state index in [0.717, 1.165) is 42.7 Å². The lowest BCUT2D eigenvalue weighted by atomic mass is 9.96. The third kappa shape index (κ3) is 4.11. The zero-order chi connectivity index (χ0) is 18.7. The van der Waals surface area contributed by atoms with E-state index in [-0.39, 0.29) is 5.91 Å². The Labute approximate surface area is 155 Å². The van der Waals surface area contributed by atoms with Crippen LogP contribution in [-0.2, 0) is 5.60 Å². The van der Waals surface area contributed by atoms with Crippen molar-refractivity contribution in [3.63, 3.8) is 0 Å². The molecule has 138 valence electrons. The predicted octanol–water partition coefficient (Wildman–Crippen LogP) is 2.80. The number of benzene rings is 1. The molecule has 0 bridgehead atoms. The number of amides is 1. The van der Waals surface area contributed by atoms with E-state index in [1.54, 1.807) is 26.2 Å². The van der Waals surface area contributed by atoms with Crippen LogP contribution in [0, 0.1) is 0 Å². The molecule has 1 saturated heterocycles. The normalized spacial score (nSPS) is 18.0. The van der Waals surface area contributed by atoms with Gasteiger partial charge in [-0.25, -0.2) is 0 Å². The fourth-order valence-electron chi connectivity index (χ4n) is 3.23. The number of aliphatic hydroxyl groups is 1. The van der Waals surface area contributed by atoms with Crippen LogP contribution in [0.4, 0.5) is 0 Å². The average Bonchev–Trinajstić information content (AvgIpc) is 2.67. The van der Waals surface area contributed by atoms with Gasteiger partial charge < -0.3 is 15.3 Å². The maximum Gasteiger partial charge on any atom is 0.253 e. The fourth-order valence-corrected chi connectivity index (χ4v) is 3.23. The third-order valence-corrected chi connectivity index (χ3v) is 4.92. The summed E-state index contributed by atoms with van der Waals surface area (Å²) in [7, 11) is 0. The fraction of sp³-hybridized carbons (Fsp3) is 0.429. The molecule has 0 saturated carbocycles. The number of rotatable bonds is 4. The van der Waals surface area contributed by atoms with Crippen molar-refractivity contribution in [2.45, 2.75) is 38.8 Å². The van der Waals surface area contributed by atoms with E-state index in [1.165, 1.54) is 0 Å². The van der Waals surface area contributed by atoms with Crippen molar-refractivity contribution in [3.8, 4) is 11.1 Å². The Balaban J connectivity index is 1.86. The first-order chi connectivity index (χ1) is 12.4. The van der Waals surface area contributed by atoms with E-state index in [4.69, 9.17) is 0 Å². The van der Waals surface area contributed by atoms with E-state index in [1.807, 2.05) is 35.2 Å². The summed E-state index contributed by atoms with van der Waals surface area (Å²) in [6, 6.07) is 9.93. The Bertz CT molecular complexity index is 783. The van der Waals surface area contributed by atoms with Gasteiger partial charge in [-0.15, -0.1) is 0 Å². The SMILES string of the molecule is CC[C@H]1CN(C(=O)c2cccc(-c3cncc(C(C)(C)O)c3)c2)CCN1. The van der Waals surface area contributed by atoms with Crippen LogP contribution in [0.5, 0.6) is 0 Å². The van der Waals surface area contributed by atoms with E-state index in [9.17, 15) is 9.90 Å². The van der Waals surface area contributed by atoms with Crippen molar-refractivity contribution in [1.29, 1.82) is 0 Å². The Kier molecular flexibility index (Phi) is 5.39. The first-order valence-corrected chi connectivity index (χ1v) is 9.19. The molecule has 1 aliphatic rings. The molecule has 3 rings (SSSR count). The maximum atomic E-state index is 12.9. The minimum atomic E-state index is -0.952. The van der Waals surface area contributed by atoms with Gasteiger partial charge in [-0.2, -0.15) is 0 Å². The van der Waals surface area contributed by atoms with Gasteiger partial charge >= 0.3 is 0 Å². The summed E-state index contributed by atoms with van der Waals surface area (Å²) >= 11 is 0. The van der Waals surface area contributed by atoms with Gasteiger partial charge in [0.1, 0.15) is 0 Å². The van der Waals surface area contributed by atoms with Gasteiger partial charge in [0, 0.05) is 54.8 Å². The van der Waals surface area contributed by atoms with Crippen molar-refractivity contribution in [2.24, 2.45) is 0 Å². The van der Waals surface area contributed by atoms with Crippen molar-refractivity contribution in [2.75, 3.05) is 19.6 Å². The van der Waals surface area contributed by atoms with Gasteiger partial charge in [0.15, 0.2) is 0 Å². The van der Waals surface area contributed by atoms with Crippen LogP contribution in [0.25, 0.3) is 11.1 Å². The number of carbonyl (C=O) groups excluding carboxylic acids is 1. The highest BCUT2D eigenvalue weighted by Gasteiger charge is 2.23. The topological polar surface area (TPSA) is 65.5 Å². The van der Waals surface area contributed by atoms with E-state index in [0.29, 0.717) is 11.6 Å². The van der Waals surface area contributed by atoms with E-state index < -0.39 is 5.60 Å². The predicted molar refractivity (Wildman–Crippen MR) is 103 cm³/mol. The molecule has 2 N–H and O–H groups in total. The van der Waals surface area contributed by atoms with Gasteiger partial charge in [-0.05, 0) is 44.0 Å². The van der Waals surface area contributed by atoms with Crippen molar-refractivity contribution < 1.29 is 9.90 Å². The van der Waals surface area contributed by atoms with Gasteiger partial charge in [-0.1, -0.05) is 19.1 Å². The molecule has 1 aromatic carbocycles. The number of pyridine rings is 1. The van der Waals surface area contributed by atoms with E-state index in [2.05, 4.69) is 17.2 Å². The molecule has 1 atom stereocenters. The van der Waals surface area contributed by atoms with Crippen LogP contribution in [0.15, 0.2) is 42.7 Å². The highest BCUT2D eigenvalue weighted by Crippen LogP contribution is 2.26. The van der Waals surface area contributed by atoms with Crippen LogP contribution >= 0.6 is 0 Å². The molecule has 1 fully saturated rings. The summed E-state index contributed by atoms with van der Waals surface area (Å²) in [5.41, 5.74) is 2.31. The Morgan fingerprint density at radius 3 is 2.85 bits per heavy atom. The average molecular weight is 353 g/mol. The first-order valence-electron chi connectivity index (χ1n) is 9.19. The minimum Gasteiger partial charge on any atom is -0.386 e. The molecular formula is C21H27N3O2. The number of piperazine rings is 1. The van der Waals surface area contributed by atoms with Gasteiger partial charge in [0.25, 0.3) is 5.91 Å². The summed E-state index contributed by atoms with van der Waals surface area (Å²) in [6.07, 6.45) is 4.44. The van der Waals surface area contributed by atoms with Gasteiger partial charge in [0.05, 0.1) is 5.60 Å². The van der Waals surface area contributed by atoms with Crippen LogP contribution < -0.4 is 5.32 Å². The monoisotopic (exact) mass is 353 g/mol. The molecule has 2 heterocycles. The summed E-state index contributed by atoms with van der Waals surface area (Å²) in [5, 5.41) is 13.7. The molecule has 1 aromatic heterocycles. The Morgan fingerprint density at radius 1 is 1.31 bits per heavy atom. The zero-order valence-electron chi connectivity index (χ0n) is 15.7. The molecule has 0 radical (unpaired) electrons. The molecule has 0 spiro atoms. The zero-order valence-corrected chi connectivity index (χ0v) is 15.7. The first kappa shape index (κ1) is 18.5. The van der Waals surface area contributed by atoms with Crippen molar-refractivity contribution >= 4 is 5.91 Å². The molecule has 5 nitrogen and oxygen atoms in total. The van der Waals surface area contributed by atoms with Crippen molar-refractivity contribution in [1.82, 2.24) is 15.2 Å². The lowest BCUT2D eigenvalue weighted by Crippen LogP contribution is -2.52. The number of hydrogen-bond donors (Lipinski definition) is 2.